The van der Waals surface area contributed by atoms with Crippen LogP contribution in [0.25, 0.3) is 10.4 Å². The summed E-state index contributed by atoms with van der Waals surface area (Å²) >= 11 is 0. The standard InChI is InChI=1S/C20H24N4O10/c1-10(25)30-9-15-17(32-11(2)26)18(33-12(3)27)16(23-24-21)20(34-15)31-8-14-13(19(28)29-4)6-5-7-22-14/h5-7,15-18,20H,8-9H2,1-4H3/t15-,16-,17+,18-,20-/m1/s1. The molecule has 0 radical (unpaired) electrons. The van der Waals surface area contributed by atoms with Crippen molar-refractivity contribution >= 4 is 23.9 Å². The van der Waals surface area contributed by atoms with Crippen LogP contribution in [0.4, 0.5) is 0 Å². The Morgan fingerprint density at radius 3 is 2.38 bits per heavy atom. The van der Waals surface area contributed by atoms with E-state index in [0.29, 0.717) is 0 Å². The molecule has 184 valence electrons. The number of pyridine rings is 1. The molecular weight excluding hydrogens is 456 g/mol. The zero-order chi connectivity index (χ0) is 25.3. The van der Waals surface area contributed by atoms with Crippen LogP contribution in [0, 0.1) is 0 Å². The molecule has 0 aromatic carbocycles. The van der Waals surface area contributed by atoms with E-state index >= 15 is 0 Å². The van der Waals surface area contributed by atoms with Crippen LogP contribution < -0.4 is 0 Å². The summed E-state index contributed by atoms with van der Waals surface area (Å²) in [6.45, 7) is 2.72. The van der Waals surface area contributed by atoms with Gasteiger partial charge in [0.2, 0.25) is 0 Å². The molecule has 1 aliphatic rings. The minimum atomic E-state index is -1.36. The SMILES string of the molecule is COC(=O)c1cccnc1CO[C@@H]1O[C@H](COC(C)=O)[C@H](OC(C)=O)[C@H](OC(C)=O)[C@H]1N=[N+]=[N-]. The molecule has 0 N–H and O–H groups in total. The molecule has 0 amide bonds. The van der Waals surface area contributed by atoms with E-state index in [-0.39, 0.29) is 24.5 Å². The summed E-state index contributed by atoms with van der Waals surface area (Å²) in [5, 5.41) is 3.61. The first kappa shape index (κ1) is 26.5. The van der Waals surface area contributed by atoms with Gasteiger partial charge >= 0.3 is 23.9 Å². The van der Waals surface area contributed by atoms with Crippen LogP contribution in [0.1, 0.15) is 36.8 Å². The Bertz CT molecular complexity index is 964. The summed E-state index contributed by atoms with van der Waals surface area (Å²) in [7, 11) is 1.21. The topological polar surface area (TPSA) is 185 Å². The second-order valence-corrected chi connectivity index (χ2v) is 6.99. The van der Waals surface area contributed by atoms with Gasteiger partial charge in [0, 0.05) is 31.9 Å². The number of methoxy groups -OCH3 is 1. The lowest BCUT2D eigenvalue weighted by Crippen LogP contribution is -2.61. The van der Waals surface area contributed by atoms with Crippen LogP contribution >= 0.6 is 0 Å². The van der Waals surface area contributed by atoms with Crippen molar-refractivity contribution < 1.29 is 47.6 Å². The zero-order valence-electron chi connectivity index (χ0n) is 18.9. The molecule has 1 saturated heterocycles. The third-order valence-electron chi connectivity index (χ3n) is 4.53. The predicted octanol–water partition coefficient (Wildman–Crippen LogP) is 1.22. The Kier molecular flexibility index (Phi) is 9.74. The van der Waals surface area contributed by atoms with E-state index in [4.69, 9.17) is 34.0 Å². The molecule has 2 rings (SSSR count). The lowest BCUT2D eigenvalue weighted by atomic mass is 9.96. The number of aromatic nitrogens is 1. The van der Waals surface area contributed by atoms with Crippen LogP contribution in [0.2, 0.25) is 0 Å². The third kappa shape index (κ3) is 7.13. The van der Waals surface area contributed by atoms with E-state index in [2.05, 4.69) is 15.0 Å². The largest absolute Gasteiger partial charge is 0.465 e. The van der Waals surface area contributed by atoms with Gasteiger partial charge in [0.25, 0.3) is 0 Å². The minimum Gasteiger partial charge on any atom is -0.465 e. The maximum Gasteiger partial charge on any atom is 0.339 e. The van der Waals surface area contributed by atoms with E-state index in [0.717, 1.165) is 13.8 Å². The van der Waals surface area contributed by atoms with Crippen molar-refractivity contribution in [1.29, 1.82) is 0 Å². The molecule has 1 aromatic heterocycles. The fourth-order valence-electron chi connectivity index (χ4n) is 3.22. The second kappa shape index (κ2) is 12.5. The first-order valence-corrected chi connectivity index (χ1v) is 9.99. The second-order valence-electron chi connectivity index (χ2n) is 6.99. The smallest absolute Gasteiger partial charge is 0.339 e. The Labute approximate surface area is 194 Å². The number of azide groups is 1. The van der Waals surface area contributed by atoms with Gasteiger partial charge in [0.1, 0.15) is 18.8 Å². The van der Waals surface area contributed by atoms with Crippen LogP contribution in [0.15, 0.2) is 23.4 Å². The first-order valence-electron chi connectivity index (χ1n) is 9.99. The van der Waals surface area contributed by atoms with Crippen molar-refractivity contribution in [2.45, 2.75) is 58.0 Å². The third-order valence-corrected chi connectivity index (χ3v) is 4.53. The van der Waals surface area contributed by atoms with Crippen molar-refractivity contribution in [3.63, 3.8) is 0 Å². The van der Waals surface area contributed by atoms with Gasteiger partial charge in [-0.05, 0) is 17.7 Å². The fourth-order valence-corrected chi connectivity index (χ4v) is 3.22. The highest BCUT2D eigenvalue weighted by molar-refractivity contribution is 5.90. The van der Waals surface area contributed by atoms with Crippen LogP contribution in [-0.4, -0.2) is 73.2 Å². The average Bonchev–Trinajstić information content (AvgIpc) is 2.78. The number of hydrogen-bond donors (Lipinski definition) is 0. The van der Waals surface area contributed by atoms with Crippen LogP contribution in [0.3, 0.4) is 0 Å². The molecule has 0 unspecified atom stereocenters. The average molecular weight is 480 g/mol. The number of nitrogens with zero attached hydrogens (tertiary/aromatic N) is 4. The minimum absolute atomic E-state index is 0.131. The van der Waals surface area contributed by atoms with Crippen molar-refractivity contribution in [2.75, 3.05) is 13.7 Å². The lowest BCUT2D eigenvalue weighted by molar-refractivity contribution is -0.276. The summed E-state index contributed by atoms with van der Waals surface area (Å²) in [6.07, 6.45) is -3.69. The van der Waals surface area contributed by atoms with Gasteiger partial charge in [-0.2, -0.15) is 0 Å². The van der Waals surface area contributed by atoms with Gasteiger partial charge in [-0.3, -0.25) is 19.4 Å². The van der Waals surface area contributed by atoms with Crippen LogP contribution in [-0.2, 0) is 49.4 Å². The van der Waals surface area contributed by atoms with Gasteiger partial charge in [-0.25, -0.2) is 4.79 Å². The predicted molar refractivity (Wildman–Crippen MR) is 110 cm³/mol. The molecule has 0 aliphatic carbocycles. The Balaban J connectivity index is 2.39. The first-order chi connectivity index (χ1) is 16.2. The maximum atomic E-state index is 12.0. The van der Waals surface area contributed by atoms with Crippen molar-refractivity contribution in [1.82, 2.24) is 4.98 Å². The monoisotopic (exact) mass is 480 g/mol. The molecule has 0 bridgehead atoms. The molecule has 1 aliphatic heterocycles. The number of esters is 4. The van der Waals surface area contributed by atoms with Crippen molar-refractivity contribution in [3.8, 4) is 0 Å². The Morgan fingerprint density at radius 2 is 1.79 bits per heavy atom. The summed E-state index contributed by atoms with van der Waals surface area (Å²) < 4.78 is 31.8. The van der Waals surface area contributed by atoms with Crippen LogP contribution in [0.5, 0.6) is 0 Å². The molecule has 5 atom stereocenters. The number of carbonyl (C=O) groups is 4. The molecule has 2 heterocycles. The van der Waals surface area contributed by atoms with Gasteiger partial charge < -0.3 is 28.4 Å². The molecule has 0 spiro atoms. The van der Waals surface area contributed by atoms with Gasteiger partial charge in [-0.1, -0.05) is 5.11 Å². The highest BCUT2D eigenvalue weighted by Crippen LogP contribution is 2.30. The molecule has 1 aromatic rings. The lowest BCUT2D eigenvalue weighted by Gasteiger charge is -2.43. The molecule has 14 heteroatoms. The highest BCUT2D eigenvalue weighted by atomic mass is 16.7. The molecule has 34 heavy (non-hydrogen) atoms. The number of hydrogen-bond acceptors (Lipinski definition) is 12. The van der Waals surface area contributed by atoms with E-state index < -0.39 is 54.5 Å². The van der Waals surface area contributed by atoms with Gasteiger partial charge in [-0.15, -0.1) is 0 Å². The maximum absolute atomic E-state index is 12.0. The fraction of sp³-hybridized carbons (Fsp3) is 0.550. The van der Waals surface area contributed by atoms with Crippen molar-refractivity contribution in [3.05, 3.63) is 40.0 Å². The quantitative estimate of drug-likeness (QED) is 0.163. The highest BCUT2D eigenvalue weighted by Gasteiger charge is 2.50. The molecule has 0 saturated carbocycles. The van der Waals surface area contributed by atoms with Gasteiger partial charge in [0.15, 0.2) is 18.5 Å². The summed E-state index contributed by atoms with van der Waals surface area (Å²) in [6, 6.07) is 1.70. The molecular formula is C20H24N4O10. The number of ether oxygens (including phenoxy) is 6. The summed E-state index contributed by atoms with van der Waals surface area (Å²) in [5.74, 6) is -2.79. The summed E-state index contributed by atoms with van der Waals surface area (Å²) in [5.41, 5.74) is 9.41. The van der Waals surface area contributed by atoms with E-state index in [1.54, 1.807) is 0 Å². The number of carbonyl (C=O) groups excluding carboxylic acids is 4. The summed E-state index contributed by atoms with van der Waals surface area (Å²) in [4.78, 5) is 53.7. The zero-order valence-corrected chi connectivity index (χ0v) is 18.9. The Hall–Kier alpha value is -3.74. The van der Waals surface area contributed by atoms with Gasteiger partial charge in [0.05, 0.1) is 25.0 Å². The van der Waals surface area contributed by atoms with E-state index in [1.807, 2.05) is 0 Å². The molecule has 1 fully saturated rings. The van der Waals surface area contributed by atoms with Crippen molar-refractivity contribution in [2.24, 2.45) is 5.11 Å². The normalized spacial score (nSPS) is 23.7. The Morgan fingerprint density at radius 1 is 1.12 bits per heavy atom. The van der Waals surface area contributed by atoms with E-state index in [1.165, 1.54) is 32.4 Å². The van der Waals surface area contributed by atoms with E-state index in [9.17, 15) is 19.2 Å². The number of rotatable bonds is 9. The molecule has 14 nitrogen and oxygen atoms in total.